The van der Waals surface area contributed by atoms with Gasteiger partial charge in [-0.05, 0) is 50.3 Å². The van der Waals surface area contributed by atoms with E-state index in [0.717, 1.165) is 59.6 Å². The van der Waals surface area contributed by atoms with Gasteiger partial charge in [-0.2, -0.15) is 0 Å². The molecule has 1 aromatic carbocycles. The van der Waals surface area contributed by atoms with Crippen LogP contribution in [-0.4, -0.2) is 47.1 Å². The van der Waals surface area contributed by atoms with Crippen molar-refractivity contribution >= 4 is 17.7 Å². The Morgan fingerprint density at radius 3 is 2.72 bits per heavy atom. The first-order chi connectivity index (χ1) is 15.4. The average Bonchev–Trinajstić information content (AvgIpc) is 3.39. The molecule has 4 rings (SSSR count). The van der Waals surface area contributed by atoms with Gasteiger partial charge in [-0.15, -0.1) is 0 Å². The number of ether oxygens (including phenoxy) is 3. The van der Waals surface area contributed by atoms with E-state index in [-0.39, 0.29) is 24.0 Å². The van der Waals surface area contributed by atoms with Crippen LogP contribution in [0.25, 0.3) is 0 Å². The van der Waals surface area contributed by atoms with Crippen LogP contribution in [0.3, 0.4) is 0 Å². The standard InChI is InChI=1S/C24H33N3O4S/c1-15(2)23(18-7-8-20-21(12-18)31-11-10-30-20)26-22(28)14-32-24-25-16(3)17(4)27(24)13-19-6-5-9-29-19/h7-8,12,15,19,23H,5-6,9-11,13-14H2,1-4H3,(H,26,28)/t19-,23+/m0/s1. The van der Waals surface area contributed by atoms with Gasteiger partial charge in [-0.3, -0.25) is 4.79 Å². The van der Waals surface area contributed by atoms with Gasteiger partial charge in [0.2, 0.25) is 5.91 Å². The summed E-state index contributed by atoms with van der Waals surface area (Å²) in [5.74, 6) is 2.04. The number of carbonyl (C=O) groups excluding carboxylic acids is 1. The lowest BCUT2D eigenvalue weighted by Gasteiger charge is -2.25. The number of amides is 1. The third kappa shape index (κ3) is 5.23. The largest absolute Gasteiger partial charge is 0.486 e. The Bertz CT molecular complexity index is 953. The molecule has 0 radical (unpaired) electrons. The molecular formula is C24H33N3O4S. The van der Waals surface area contributed by atoms with Gasteiger partial charge in [0.1, 0.15) is 13.2 Å². The topological polar surface area (TPSA) is 74.6 Å². The second-order valence-electron chi connectivity index (χ2n) is 8.79. The average molecular weight is 460 g/mol. The number of aryl methyl sites for hydroxylation is 1. The molecule has 2 aromatic rings. The molecule has 2 atom stereocenters. The van der Waals surface area contributed by atoms with Crippen molar-refractivity contribution in [2.45, 2.75) is 64.4 Å². The van der Waals surface area contributed by atoms with Crippen molar-refractivity contribution in [3.8, 4) is 11.5 Å². The van der Waals surface area contributed by atoms with E-state index in [9.17, 15) is 4.79 Å². The zero-order chi connectivity index (χ0) is 22.7. The number of benzene rings is 1. The van der Waals surface area contributed by atoms with Crippen molar-refractivity contribution in [3.63, 3.8) is 0 Å². The van der Waals surface area contributed by atoms with Crippen LogP contribution < -0.4 is 14.8 Å². The van der Waals surface area contributed by atoms with E-state index in [4.69, 9.17) is 19.2 Å². The van der Waals surface area contributed by atoms with Gasteiger partial charge in [0, 0.05) is 12.3 Å². The molecule has 1 amide bonds. The number of nitrogens with zero attached hydrogens (tertiary/aromatic N) is 2. The number of rotatable bonds is 8. The quantitative estimate of drug-likeness (QED) is 0.600. The Kier molecular flexibility index (Phi) is 7.30. The molecule has 1 fully saturated rings. The molecule has 32 heavy (non-hydrogen) atoms. The molecule has 0 spiro atoms. The first kappa shape index (κ1) is 23.0. The highest BCUT2D eigenvalue weighted by molar-refractivity contribution is 7.99. The number of hydrogen-bond acceptors (Lipinski definition) is 6. The normalized spacial score (nSPS) is 18.7. The van der Waals surface area contributed by atoms with E-state index in [2.05, 4.69) is 30.7 Å². The van der Waals surface area contributed by atoms with Gasteiger partial charge in [0.05, 0.1) is 30.1 Å². The lowest BCUT2D eigenvalue weighted by molar-refractivity contribution is -0.119. The maximum Gasteiger partial charge on any atom is 0.230 e. The summed E-state index contributed by atoms with van der Waals surface area (Å²) in [6, 6.07) is 5.81. The maximum atomic E-state index is 12.9. The summed E-state index contributed by atoms with van der Waals surface area (Å²) in [5, 5.41) is 4.09. The van der Waals surface area contributed by atoms with Gasteiger partial charge in [-0.25, -0.2) is 4.98 Å². The van der Waals surface area contributed by atoms with Crippen molar-refractivity contribution in [1.29, 1.82) is 0 Å². The maximum absolute atomic E-state index is 12.9. The third-order valence-electron chi connectivity index (χ3n) is 6.07. The number of fused-ring (bicyclic) bond motifs is 1. The van der Waals surface area contributed by atoms with Gasteiger partial charge in [0.25, 0.3) is 0 Å². The molecule has 1 saturated heterocycles. The highest BCUT2D eigenvalue weighted by atomic mass is 32.2. The molecule has 2 aliphatic heterocycles. The number of aromatic nitrogens is 2. The van der Waals surface area contributed by atoms with E-state index in [1.54, 1.807) is 0 Å². The SMILES string of the molecule is Cc1nc(SCC(=O)N[C@@H](c2ccc3c(c2)OCCO3)C(C)C)n(C[C@@H]2CCCO2)c1C. The minimum absolute atomic E-state index is 0.00874. The molecular weight excluding hydrogens is 426 g/mol. The molecule has 0 bridgehead atoms. The predicted octanol–water partition coefficient (Wildman–Crippen LogP) is 4.06. The monoisotopic (exact) mass is 459 g/mol. The summed E-state index contributed by atoms with van der Waals surface area (Å²) >= 11 is 1.48. The molecule has 0 aliphatic carbocycles. The zero-order valence-corrected chi connectivity index (χ0v) is 20.2. The van der Waals surface area contributed by atoms with Crippen LogP contribution >= 0.6 is 11.8 Å². The van der Waals surface area contributed by atoms with Crippen LogP contribution in [-0.2, 0) is 16.1 Å². The van der Waals surface area contributed by atoms with Crippen LogP contribution in [0, 0.1) is 19.8 Å². The summed E-state index contributed by atoms with van der Waals surface area (Å²) < 4.78 is 19.4. The molecule has 1 N–H and O–H groups in total. The molecule has 0 saturated carbocycles. The Balaban J connectivity index is 1.41. The second-order valence-corrected chi connectivity index (χ2v) is 9.73. The fourth-order valence-electron chi connectivity index (χ4n) is 4.17. The van der Waals surface area contributed by atoms with Crippen LogP contribution in [0.15, 0.2) is 23.4 Å². The Morgan fingerprint density at radius 2 is 2.00 bits per heavy atom. The zero-order valence-electron chi connectivity index (χ0n) is 19.3. The van der Waals surface area contributed by atoms with Gasteiger partial charge >= 0.3 is 0 Å². The number of carbonyl (C=O) groups is 1. The fraction of sp³-hybridized carbons (Fsp3) is 0.583. The minimum Gasteiger partial charge on any atom is -0.486 e. The Labute approximate surface area is 194 Å². The van der Waals surface area contributed by atoms with Crippen LogP contribution in [0.1, 0.15) is 49.7 Å². The van der Waals surface area contributed by atoms with Crippen molar-refractivity contribution in [3.05, 3.63) is 35.2 Å². The molecule has 8 heteroatoms. The van der Waals surface area contributed by atoms with Crippen LogP contribution in [0.2, 0.25) is 0 Å². The lowest BCUT2D eigenvalue weighted by atomic mass is 9.95. The molecule has 7 nitrogen and oxygen atoms in total. The number of hydrogen-bond donors (Lipinski definition) is 1. The summed E-state index contributed by atoms with van der Waals surface area (Å²) in [6.45, 7) is 11.0. The summed E-state index contributed by atoms with van der Waals surface area (Å²) in [7, 11) is 0. The third-order valence-corrected chi connectivity index (χ3v) is 7.05. The van der Waals surface area contributed by atoms with Crippen molar-refractivity contribution in [2.24, 2.45) is 5.92 Å². The Hall–Kier alpha value is -2.19. The molecule has 3 heterocycles. The number of thioether (sulfide) groups is 1. The van der Waals surface area contributed by atoms with Gasteiger partial charge in [-0.1, -0.05) is 31.7 Å². The first-order valence-corrected chi connectivity index (χ1v) is 12.4. The smallest absolute Gasteiger partial charge is 0.230 e. The van der Waals surface area contributed by atoms with E-state index < -0.39 is 0 Å². The molecule has 174 valence electrons. The molecule has 1 aromatic heterocycles. The van der Waals surface area contributed by atoms with Crippen LogP contribution in [0.5, 0.6) is 11.5 Å². The van der Waals surface area contributed by atoms with Crippen molar-refractivity contribution < 1.29 is 19.0 Å². The fourth-order valence-corrected chi connectivity index (χ4v) is 5.09. The summed E-state index contributed by atoms with van der Waals surface area (Å²) in [6.07, 6.45) is 2.42. The second kappa shape index (κ2) is 10.2. The predicted molar refractivity (Wildman–Crippen MR) is 125 cm³/mol. The van der Waals surface area contributed by atoms with Gasteiger partial charge < -0.3 is 24.1 Å². The highest BCUT2D eigenvalue weighted by Crippen LogP contribution is 2.34. The highest BCUT2D eigenvalue weighted by Gasteiger charge is 2.23. The van der Waals surface area contributed by atoms with E-state index in [1.165, 1.54) is 11.8 Å². The van der Waals surface area contributed by atoms with E-state index in [0.29, 0.717) is 19.0 Å². The van der Waals surface area contributed by atoms with Crippen molar-refractivity contribution in [2.75, 3.05) is 25.6 Å². The Morgan fingerprint density at radius 1 is 1.22 bits per heavy atom. The first-order valence-electron chi connectivity index (χ1n) is 11.4. The summed E-state index contributed by atoms with van der Waals surface area (Å²) in [5.41, 5.74) is 3.16. The van der Waals surface area contributed by atoms with Crippen molar-refractivity contribution in [1.82, 2.24) is 14.9 Å². The van der Waals surface area contributed by atoms with E-state index >= 15 is 0 Å². The van der Waals surface area contributed by atoms with E-state index in [1.807, 2.05) is 25.1 Å². The summed E-state index contributed by atoms with van der Waals surface area (Å²) in [4.78, 5) is 17.6. The molecule has 0 unspecified atom stereocenters. The lowest BCUT2D eigenvalue weighted by Crippen LogP contribution is -2.33. The van der Waals surface area contributed by atoms with Gasteiger partial charge in [0.15, 0.2) is 16.7 Å². The number of imidazole rings is 1. The van der Waals surface area contributed by atoms with Crippen LogP contribution in [0.4, 0.5) is 0 Å². The molecule has 2 aliphatic rings. The number of nitrogens with one attached hydrogen (secondary N) is 1. The minimum atomic E-state index is -0.103.